The van der Waals surface area contributed by atoms with Gasteiger partial charge in [0.15, 0.2) is 4.34 Å². The maximum Gasteiger partial charge on any atom is 0.301 e. The molecule has 1 amide bonds. The third kappa shape index (κ3) is 6.30. The van der Waals surface area contributed by atoms with Crippen LogP contribution in [0.15, 0.2) is 94.8 Å². The molecule has 10 heteroatoms. The smallest absolute Gasteiger partial charge is 0.301 e. The number of aliphatic hydroxyl groups is 1. The van der Waals surface area contributed by atoms with E-state index in [1.54, 1.807) is 12.1 Å². The minimum Gasteiger partial charge on any atom is -0.507 e. The van der Waals surface area contributed by atoms with Gasteiger partial charge in [-0.3, -0.25) is 14.5 Å². The summed E-state index contributed by atoms with van der Waals surface area (Å²) < 4.78 is 12.6. The van der Waals surface area contributed by atoms with Crippen molar-refractivity contribution in [3.63, 3.8) is 0 Å². The lowest BCUT2D eigenvalue weighted by molar-refractivity contribution is -0.132. The lowest BCUT2D eigenvalue weighted by Crippen LogP contribution is -2.29. The van der Waals surface area contributed by atoms with Crippen LogP contribution < -0.4 is 14.4 Å². The van der Waals surface area contributed by atoms with Gasteiger partial charge < -0.3 is 14.6 Å². The molecule has 0 bridgehead atoms. The summed E-state index contributed by atoms with van der Waals surface area (Å²) in [7, 11) is 0. The highest BCUT2D eigenvalue weighted by Gasteiger charge is 2.48. The molecular formula is C38H35N3O5S2. The van der Waals surface area contributed by atoms with Crippen LogP contribution in [-0.4, -0.2) is 39.7 Å². The van der Waals surface area contributed by atoms with Crippen molar-refractivity contribution in [3.8, 4) is 11.5 Å². The zero-order valence-electron chi connectivity index (χ0n) is 26.7. The Bertz CT molecular complexity index is 2030. The number of benzene rings is 4. The fourth-order valence-electron chi connectivity index (χ4n) is 6.30. The lowest BCUT2D eigenvalue weighted by atomic mass is 9.94. The van der Waals surface area contributed by atoms with Crippen LogP contribution in [0.1, 0.15) is 61.4 Å². The molecule has 2 atom stereocenters. The Morgan fingerprint density at radius 1 is 1.02 bits per heavy atom. The molecule has 1 N–H and O–H groups in total. The monoisotopic (exact) mass is 677 g/mol. The van der Waals surface area contributed by atoms with E-state index in [9.17, 15) is 14.7 Å². The quantitative estimate of drug-likeness (QED) is 0.0371. The van der Waals surface area contributed by atoms with Gasteiger partial charge in [-0.25, -0.2) is 0 Å². The first kappa shape index (κ1) is 31.9. The predicted molar refractivity (Wildman–Crippen MR) is 190 cm³/mol. The normalized spacial score (nSPS) is 18.3. The summed E-state index contributed by atoms with van der Waals surface area (Å²) in [6, 6.07) is 26.2. The van der Waals surface area contributed by atoms with Gasteiger partial charge in [0, 0.05) is 17.7 Å². The molecule has 48 heavy (non-hydrogen) atoms. The number of ketones is 1. The van der Waals surface area contributed by atoms with E-state index < -0.39 is 17.7 Å². The van der Waals surface area contributed by atoms with Gasteiger partial charge in [-0.2, -0.15) is 0 Å². The van der Waals surface area contributed by atoms with Crippen LogP contribution in [0.5, 0.6) is 11.5 Å². The Labute approximate surface area is 287 Å². The maximum atomic E-state index is 13.8. The van der Waals surface area contributed by atoms with Gasteiger partial charge in [-0.05, 0) is 71.1 Å². The number of fused-ring (bicyclic) bond motifs is 2. The molecule has 8 nitrogen and oxygen atoms in total. The third-order valence-electron chi connectivity index (χ3n) is 8.64. The average Bonchev–Trinajstić information content (AvgIpc) is 3.80. The molecule has 3 heterocycles. The minimum absolute atomic E-state index is 0.00444. The van der Waals surface area contributed by atoms with Gasteiger partial charge in [-0.15, -0.1) is 10.2 Å². The Balaban J connectivity index is 1.24. The summed E-state index contributed by atoms with van der Waals surface area (Å²) in [5.41, 5.74) is 3.18. The van der Waals surface area contributed by atoms with E-state index in [2.05, 4.69) is 41.4 Å². The second kappa shape index (κ2) is 13.8. The Kier molecular flexibility index (Phi) is 9.19. The van der Waals surface area contributed by atoms with Gasteiger partial charge in [0.25, 0.3) is 5.78 Å². The largest absolute Gasteiger partial charge is 0.507 e. The first-order chi connectivity index (χ1) is 23.4. The summed E-state index contributed by atoms with van der Waals surface area (Å²) in [5, 5.41) is 23.2. The van der Waals surface area contributed by atoms with Crippen molar-refractivity contribution in [2.24, 2.45) is 0 Å². The zero-order chi connectivity index (χ0) is 33.2. The summed E-state index contributed by atoms with van der Waals surface area (Å²) >= 11 is 2.78. The van der Waals surface area contributed by atoms with Crippen LogP contribution in [-0.2, 0) is 21.8 Å². The Morgan fingerprint density at radius 3 is 2.73 bits per heavy atom. The topological polar surface area (TPSA) is 102 Å². The summed E-state index contributed by atoms with van der Waals surface area (Å²) in [4.78, 5) is 29.0. The van der Waals surface area contributed by atoms with Crippen molar-refractivity contribution in [1.82, 2.24) is 10.2 Å². The first-order valence-electron chi connectivity index (χ1n) is 16.2. The fraction of sp³-hybridized carbons (Fsp3) is 0.263. The number of carbonyl (C=O) groups is 2. The number of Topliss-reactive ketones (excluding diaryl/α,β-unsaturated/α-hetero) is 1. The number of nitrogens with zero attached hydrogens (tertiary/aromatic N) is 3. The van der Waals surface area contributed by atoms with E-state index >= 15 is 0 Å². The highest BCUT2D eigenvalue weighted by Crippen LogP contribution is 2.45. The maximum absolute atomic E-state index is 13.8. The van der Waals surface area contributed by atoms with Crippen molar-refractivity contribution in [2.45, 2.75) is 61.8 Å². The van der Waals surface area contributed by atoms with Crippen molar-refractivity contribution < 1.29 is 24.2 Å². The number of amides is 1. The van der Waals surface area contributed by atoms with Gasteiger partial charge in [0.05, 0.1) is 18.2 Å². The molecule has 0 aliphatic carbocycles. The Morgan fingerprint density at radius 2 is 1.85 bits per heavy atom. The molecule has 0 unspecified atom stereocenters. The molecule has 1 fully saturated rings. The molecule has 1 saturated heterocycles. The molecule has 0 saturated carbocycles. The van der Waals surface area contributed by atoms with Gasteiger partial charge in [0.2, 0.25) is 5.13 Å². The zero-order valence-corrected chi connectivity index (χ0v) is 28.4. The first-order valence-corrected chi connectivity index (χ1v) is 18.0. The molecular weight excluding hydrogens is 643 g/mol. The van der Waals surface area contributed by atoms with E-state index in [0.29, 0.717) is 40.0 Å². The van der Waals surface area contributed by atoms with Crippen molar-refractivity contribution in [1.29, 1.82) is 0 Å². The van der Waals surface area contributed by atoms with Gasteiger partial charge >= 0.3 is 5.91 Å². The molecule has 0 radical (unpaired) electrons. The molecule has 2 aliphatic heterocycles. The second-order valence-electron chi connectivity index (χ2n) is 12.0. The van der Waals surface area contributed by atoms with Gasteiger partial charge in [-0.1, -0.05) is 97.5 Å². The average molecular weight is 678 g/mol. The number of aromatic nitrogens is 2. The number of anilines is 1. The minimum atomic E-state index is -0.934. The van der Waals surface area contributed by atoms with E-state index in [-0.39, 0.29) is 22.6 Å². The van der Waals surface area contributed by atoms with Crippen LogP contribution in [0.4, 0.5) is 5.13 Å². The second-order valence-corrected chi connectivity index (χ2v) is 14.2. The number of hydrogen-bond donors (Lipinski definition) is 1. The molecule has 2 aliphatic rings. The third-order valence-corrected chi connectivity index (χ3v) is 10.7. The van der Waals surface area contributed by atoms with Gasteiger partial charge in [0.1, 0.15) is 23.4 Å². The SMILES string of the molecule is CCCCCOc1cccc([C@H]2/C(=C(\O)c3ccc4c(c3)C[C@H](C)O4)C(=O)C(=O)N2c2nnc(SCc3cccc4ccccc34)s2)c1. The summed E-state index contributed by atoms with van der Waals surface area (Å²) in [6.07, 6.45) is 3.77. The van der Waals surface area contributed by atoms with E-state index in [4.69, 9.17) is 9.47 Å². The van der Waals surface area contributed by atoms with Crippen LogP contribution >= 0.6 is 23.1 Å². The number of carbonyl (C=O) groups excluding carboxylic acids is 2. The molecule has 4 aromatic carbocycles. The van der Waals surface area contributed by atoms with Crippen molar-refractivity contribution in [2.75, 3.05) is 11.5 Å². The number of aliphatic hydroxyl groups excluding tert-OH is 1. The summed E-state index contributed by atoms with van der Waals surface area (Å²) in [6.45, 7) is 4.68. The fourth-order valence-corrected chi connectivity index (χ4v) is 8.17. The molecule has 5 aromatic rings. The van der Waals surface area contributed by atoms with E-state index in [1.807, 2.05) is 55.5 Å². The van der Waals surface area contributed by atoms with Crippen molar-refractivity contribution >= 4 is 56.5 Å². The lowest BCUT2D eigenvalue weighted by Gasteiger charge is -2.23. The standard InChI is InChI=1S/C38H35N3O5S2/c1-3-4-7-18-45-29-14-9-12-25(21-29)33-32(34(42)26-16-17-31-28(20-26)19-23(2)46-31)35(43)36(44)41(33)37-39-40-38(48-37)47-22-27-13-8-11-24-10-5-6-15-30(24)27/h5-6,8-17,20-21,23,33,42H,3-4,7,18-19,22H2,1-2H3/b34-32+/t23-,33-/m0/s1. The molecule has 7 rings (SSSR count). The number of thioether (sulfide) groups is 1. The van der Waals surface area contributed by atoms with Crippen LogP contribution in [0.2, 0.25) is 0 Å². The molecule has 0 spiro atoms. The number of rotatable bonds is 11. The van der Waals surface area contributed by atoms with Crippen LogP contribution in [0.3, 0.4) is 0 Å². The Hall–Kier alpha value is -4.67. The number of hydrogen-bond acceptors (Lipinski definition) is 9. The van der Waals surface area contributed by atoms with Crippen LogP contribution in [0, 0.1) is 0 Å². The van der Waals surface area contributed by atoms with E-state index in [1.165, 1.54) is 44.3 Å². The van der Waals surface area contributed by atoms with E-state index in [0.717, 1.165) is 30.6 Å². The van der Waals surface area contributed by atoms with Crippen LogP contribution in [0.25, 0.3) is 16.5 Å². The molecule has 244 valence electrons. The highest BCUT2D eigenvalue weighted by atomic mass is 32.2. The predicted octanol–water partition coefficient (Wildman–Crippen LogP) is 8.50. The number of unbranched alkanes of at least 4 members (excludes halogenated alkanes) is 2. The number of ether oxygens (including phenoxy) is 2. The highest BCUT2D eigenvalue weighted by molar-refractivity contribution is 8.00. The summed E-state index contributed by atoms with van der Waals surface area (Å²) in [5.74, 6) is 0.254. The van der Waals surface area contributed by atoms with Crippen molar-refractivity contribution in [3.05, 3.63) is 113 Å². The molecule has 1 aromatic heterocycles.